The van der Waals surface area contributed by atoms with Crippen LogP contribution in [0.3, 0.4) is 0 Å². The van der Waals surface area contributed by atoms with Crippen molar-refractivity contribution >= 4 is 17.6 Å². The maximum Gasteiger partial charge on any atom is 3.00 e. The van der Waals surface area contributed by atoms with Crippen molar-refractivity contribution in [2.24, 2.45) is 4.99 Å². The minimum atomic E-state index is -0.822. The van der Waals surface area contributed by atoms with Gasteiger partial charge in [-0.15, -0.1) is 11.5 Å². The molecule has 6 nitrogen and oxygen atoms in total. The van der Waals surface area contributed by atoms with Crippen LogP contribution in [0.1, 0.15) is 5.56 Å². The molecule has 0 fully saturated rings. The summed E-state index contributed by atoms with van der Waals surface area (Å²) in [5, 5.41) is 45.6. The van der Waals surface area contributed by atoms with Gasteiger partial charge in [-0.3, -0.25) is 4.99 Å². The van der Waals surface area contributed by atoms with E-state index in [1.165, 1.54) is 42.6 Å². The van der Waals surface area contributed by atoms with Gasteiger partial charge in [0.15, 0.2) is 0 Å². The molecule has 145 valence electrons. The molecular weight excluding hydrogens is 424 g/mol. The van der Waals surface area contributed by atoms with E-state index in [-0.39, 0.29) is 52.3 Å². The normalized spacial score (nSPS) is 17.0. The molecule has 0 spiro atoms. The van der Waals surface area contributed by atoms with Crippen molar-refractivity contribution in [3.8, 4) is 11.5 Å². The molecule has 0 amide bonds. The van der Waals surface area contributed by atoms with Crippen LogP contribution in [-0.4, -0.2) is 22.5 Å². The summed E-state index contributed by atoms with van der Waals surface area (Å²) in [6.07, 6.45) is 6.44. The van der Waals surface area contributed by atoms with Gasteiger partial charge in [0.25, 0.3) is 0 Å². The van der Waals surface area contributed by atoms with Crippen molar-refractivity contribution in [2.45, 2.75) is 6.10 Å². The summed E-state index contributed by atoms with van der Waals surface area (Å²) in [6.45, 7) is 0. The fraction of sp³-hybridized carbons (Fsp3) is 0.0500. The predicted octanol–water partition coefficient (Wildman–Crippen LogP) is -0.746. The molecule has 8 heteroatoms. The van der Waals surface area contributed by atoms with Crippen molar-refractivity contribution in [1.82, 2.24) is 0 Å². The summed E-state index contributed by atoms with van der Waals surface area (Å²) < 4.78 is 0. The number of hydrogen-bond acceptors (Lipinski definition) is 6. The molecule has 0 heterocycles. The van der Waals surface area contributed by atoms with Crippen LogP contribution >= 0.6 is 0 Å². The van der Waals surface area contributed by atoms with Gasteiger partial charge in [0.2, 0.25) is 0 Å². The zero-order valence-electron chi connectivity index (χ0n) is 14.4. The quantitative estimate of drug-likeness (QED) is 0.429. The van der Waals surface area contributed by atoms with Crippen LogP contribution in [0.4, 0.5) is 11.4 Å². The molecule has 1 aliphatic rings. The second-order valence-corrected chi connectivity index (χ2v) is 5.64. The minimum absolute atomic E-state index is 0. The Kier molecular flexibility index (Phi) is 8.82. The summed E-state index contributed by atoms with van der Waals surface area (Å²) in [6, 6.07) is 10.8. The molecule has 1 aliphatic carbocycles. The summed E-state index contributed by atoms with van der Waals surface area (Å²) in [5.74, 6) is -0.484. The van der Waals surface area contributed by atoms with Gasteiger partial charge in [-0.05, 0) is 35.9 Å². The average molecular weight is 440 g/mol. The number of aliphatic hydroxyl groups is 2. The fourth-order valence-corrected chi connectivity index (χ4v) is 2.37. The molecular formula is C20H16ClFeN2O4. The SMILES string of the molecule is [Cl-].[Fe+3].[O-]c1ccc([O-])c(C=Nc2ccccc2N/C=C2/C=C(O)C=CC2O)c1. The van der Waals surface area contributed by atoms with Crippen LogP contribution in [-0.2, 0) is 17.1 Å². The van der Waals surface area contributed by atoms with Gasteiger partial charge in [0.05, 0.1) is 17.5 Å². The van der Waals surface area contributed by atoms with E-state index in [1.54, 1.807) is 24.4 Å². The molecule has 28 heavy (non-hydrogen) atoms. The Morgan fingerprint density at radius 2 is 1.86 bits per heavy atom. The van der Waals surface area contributed by atoms with E-state index < -0.39 is 6.10 Å². The van der Waals surface area contributed by atoms with Gasteiger partial charge < -0.3 is 38.1 Å². The van der Waals surface area contributed by atoms with Crippen LogP contribution in [0, 0.1) is 0 Å². The predicted molar refractivity (Wildman–Crippen MR) is 96.6 cm³/mol. The molecule has 0 aromatic heterocycles. The molecule has 1 radical (unpaired) electrons. The third-order valence-corrected chi connectivity index (χ3v) is 3.73. The third kappa shape index (κ3) is 5.90. The van der Waals surface area contributed by atoms with Gasteiger partial charge in [-0.25, -0.2) is 0 Å². The zero-order chi connectivity index (χ0) is 18.5. The van der Waals surface area contributed by atoms with Crippen LogP contribution in [0.2, 0.25) is 0 Å². The standard InChI is InChI=1S/C20H18N2O4.ClH.Fe/c23-15-5-7-19(25)13(9-15)11-21-17-3-1-2-4-18(17)22-12-14-10-16(24)6-8-20(14)26;;/h1-12,19,21,23-26H;1H;/q;;+3/p-3/b13-11-,22-12?;;. The van der Waals surface area contributed by atoms with E-state index in [0.717, 1.165) is 0 Å². The smallest absolute Gasteiger partial charge is 1.00 e. The summed E-state index contributed by atoms with van der Waals surface area (Å²) in [5.41, 5.74) is 1.89. The molecule has 3 N–H and O–H groups in total. The fourth-order valence-electron chi connectivity index (χ4n) is 2.37. The maximum absolute atomic E-state index is 11.8. The number of hydrogen-bond donors (Lipinski definition) is 3. The number of aliphatic hydroxyl groups excluding tert-OH is 2. The molecule has 0 saturated heterocycles. The van der Waals surface area contributed by atoms with Gasteiger partial charge in [0, 0.05) is 18.0 Å². The van der Waals surface area contributed by atoms with Crippen molar-refractivity contribution in [2.75, 3.05) is 5.32 Å². The van der Waals surface area contributed by atoms with E-state index >= 15 is 0 Å². The Morgan fingerprint density at radius 3 is 2.64 bits per heavy atom. The molecule has 2 aromatic rings. The van der Waals surface area contributed by atoms with Gasteiger partial charge in [-0.1, -0.05) is 30.3 Å². The van der Waals surface area contributed by atoms with E-state index in [9.17, 15) is 20.4 Å². The van der Waals surface area contributed by atoms with Gasteiger partial charge >= 0.3 is 17.1 Å². The van der Waals surface area contributed by atoms with Crippen molar-refractivity contribution in [1.29, 1.82) is 0 Å². The second-order valence-electron chi connectivity index (χ2n) is 5.64. The van der Waals surface area contributed by atoms with E-state index in [2.05, 4.69) is 10.3 Å². The van der Waals surface area contributed by atoms with E-state index in [1.807, 2.05) is 6.07 Å². The molecule has 1 unspecified atom stereocenters. The van der Waals surface area contributed by atoms with Crippen molar-refractivity contribution in [3.63, 3.8) is 0 Å². The molecule has 2 aromatic carbocycles. The summed E-state index contributed by atoms with van der Waals surface area (Å²) in [7, 11) is 0. The number of anilines is 1. The first-order valence-corrected chi connectivity index (χ1v) is 7.87. The van der Waals surface area contributed by atoms with Gasteiger partial charge in [-0.2, -0.15) is 0 Å². The van der Waals surface area contributed by atoms with Gasteiger partial charge in [0.1, 0.15) is 5.76 Å². The number of nitrogens with zero attached hydrogens (tertiary/aromatic N) is 1. The maximum atomic E-state index is 11.8. The second kappa shape index (κ2) is 10.6. The minimum Gasteiger partial charge on any atom is -1.00 e. The Bertz CT molecular complexity index is 942. The molecule has 0 saturated carbocycles. The number of nitrogens with one attached hydrogen (secondary N) is 1. The van der Waals surface area contributed by atoms with Crippen molar-refractivity contribution in [3.05, 3.63) is 83.8 Å². The number of aliphatic imine (C=N–C) groups is 1. The number of benzene rings is 2. The number of para-hydroxylation sites is 2. The number of allylic oxidation sites excluding steroid dienone is 1. The monoisotopic (exact) mass is 439 g/mol. The first-order valence-electron chi connectivity index (χ1n) is 7.87. The number of halogens is 1. The molecule has 3 rings (SSSR count). The van der Waals surface area contributed by atoms with E-state index in [4.69, 9.17) is 0 Å². The first kappa shape index (κ1) is 23.3. The van der Waals surface area contributed by atoms with Crippen LogP contribution in [0.25, 0.3) is 0 Å². The Labute approximate surface area is 179 Å². The first-order chi connectivity index (χ1) is 12.5. The van der Waals surface area contributed by atoms with Crippen LogP contribution in [0.15, 0.2) is 83.2 Å². The molecule has 0 aliphatic heterocycles. The Hall–Kier alpha value is -2.70. The summed E-state index contributed by atoms with van der Waals surface area (Å²) >= 11 is 0. The van der Waals surface area contributed by atoms with Crippen molar-refractivity contribution < 1.29 is 49.9 Å². The topological polar surface area (TPSA) is 111 Å². The Morgan fingerprint density at radius 1 is 1.11 bits per heavy atom. The Balaban J connectivity index is 0.00000196. The zero-order valence-corrected chi connectivity index (χ0v) is 16.3. The van der Waals surface area contributed by atoms with Crippen LogP contribution in [0.5, 0.6) is 11.5 Å². The van der Waals surface area contributed by atoms with E-state index in [0.29, 0.717) is 16.9 Å². The van der Waals surface area contributed by atoms with Crippen LogP contribution < -0.4 is 27.9 Å². The molecule has 1 atom stereocenters. The summed E-state index contributed by atoms with van der Waals surface area (Å²) in [4.78, 5) is 4.28. The number of rotatable bonds is 4. The largest absolute Gasteiger partial charge is 3.00 e. The average Bonchev–Trinajstić information content (AvgIpc) is 2.64. The third-order valence-electron chi connectivity index (χ3n) is 3.73. The molecule has 0 bridgehead atoms.